The lowest BCUT2D eigenvalue weighted by Gasteiger charge is -2.30. The number of carbonyl (C=O) groups excluding carboxylic acids is 3. The molecule has 2 N–H and O–H groups in total. The second kappa shape index (κ2) is 11.5. The van der Waals surface area contributed by atoms with E-state index in [9.17, 15) is 14.4 Å². The Balaban J connectivity index is 1.78. The molecule has 1 saturated heterocycles. The van der Waals surface area contributed by atoms with Crippen LogP contribution >= 0.6 is 0 Å². The number of amides is 2. The lowest BCUT2D eigenvalue weighted by Crippen LogP contribution is -2.43. The van der Waals surface area contributed by atoms with Gasteiger partial charge in [-0.05, 0) is 39.3 Å². The monoisotopic (exact) mass is 409 g/mol. The molecule has 0 unspecified atom stereocenters. The highest BCUT2D eigenvalue weighted by Gasteiger charge is 2.26. The average Bonchev–Trinajstić information content (AvgIpc) is 3.06. The van der Waals surface area contributed by atoms with Crippen LogP contribution in [0.25, 0.3) is 0 Å². The van der Waals surface area contributed by atoms with Crippen molar-refractivity contribution in [3.63, 3.8) is 0 Å². The number of aromatic nitrogens is 2. The van der Waals surface area contributed by atoms with Gasteiger partial charge in [-0.15, -0.1) is 0 Å². The van der Waals surface area contributed by atoms with Gasteiger partial charge >= 0.3 is 5.97 Å². The molecule has 1 aliphatic rings. The van der Waals surface area contributed by atoms with Crippen molar-refractivity contribution in [3.8, 4) is 0 Å². The molecule has 10 nitrogen and oxygen atoms in total. The highest BCUT2D eigenvalue weighted by Crippen LogP contribution is 2.18. The first-order valence-electron chi connectivity index (χ1n) is 9.94. The fourth-order valence-corrected chi connectivity index (χ4v) is 3.24. The first kappa shape index (κ1) is 22.8. The SMILES string of the molecule is CCOC(=O)c1cnn(C)c1NC(=O)CN1CCC(C(=O)NCCCOC)CC1. The molecule has 0 bridgehead atoms. The molecule has 1 aromatic rings. The van der Waals surface area contributed by atoms with Gasteiger partial charge in [0.25, 0.3) is 0 Å². The zero-order valence-electron chi connectivity index (χ0n) is 17.4. The van der Waals surface area contributed by atoms with Crippen LogP contribution in [0.1, 0.15) is 36.5 Å². The number of hydrogen-bond acceptors (Lipinski definition) is 7. The van der Waals surface area contributed by atoms with Crippen LogP contribution in [-0.4, -0.2) is 79.0 Å². The van der Waals surface area contributed by atoms with Crippen LogP contribution in [-0.2, 0) is 26.1 Å². The third kappa shape index (κ3) is 6.82. The van der Waals surface area contributed by atoms with Gasteiger partial charge in [0.1, 0.15) is 11.4 Å². The van der Waals surface area contributed by atoms with Crippen LogP contribution in [0.5, 0.6) is 0 Å². The van der Waals surface area contributed by atoms with Crippen molar-refractivity contribution >= 4 is 23.6 Å². The third-order valence-electron chi connectivity index (χ3n) is 4.84. The van der Waals surface area contributed by atoms with Crippen molar-refractivity contribution in [2.24, 2.45) is 13.0 Å². The van der Waals surface area contributed by atoms with Crippen LogP contribution in [0.3, 0.4) is 0 Å². The molecule has 0 aliphatic carbocycles. The Morgan fingerprint density at radius 2 is 2.00 bits per heavy atom. The first-order chi connectivity index (χ1) is 14.0. The number of hydrogen-bond donors (Lipinski definition) is 2. The van der Waals surface area contributed by atoms with Crippen molar-refractivity contribution in [2.45, 2.75) is 26.2 Å². The number of rotatable bonds is 10. The number of nitrogens with one attached hydrogen (secondary N) is 2. The number of esters is 1. The molecule has 10 heteroatoms. The number of methoxy groups -OCH3 is 1. The van der Waals surface area contributed by atoms with E-state index >= 15 is 0 Å². The molecule has 0 aromatic carbocycles. The molecule has 0 saturated carbocycles. The van der Waals surface area contributed by atoms with E-state index in [4.69, 9.17) is 9.47 Å². The molecule has 2 amide bonds. The number of ether oxygens (including phenoxy) is 2. The van der Waals surface area contributed by atoms with Gasteiger partial charge in [-0.3, -0.25) is 19.2 Å². The van der Waals surface area contributed by atoms with Crippen molar-refractivity contribution in [1.82, 2.24) is 20.0 Å². The summed E-state index contributed by atoms with van der Waals surface area (Å²) in [6, 6.07) is 0. The average molecular weight is 409 g/mol. The zero-order chi connectivity index (χ0) is 21.2. The van der Waals surface area contributed by atoms with E-state index in [0.29, 0.717) is 44.9 Å². The summed E-state index contributed by atoms with van der Waals surface area (Å²) in [5, 5.41) is 9.70. The van der Waals surface area contributed by atoms with Gasteiger partial charge in [-0.25, -0.2) is 4.79 Å². The van der Waals surface area contributed by atoms with Crippen LogP contribution < -0.4 is 10.6 Å². The smallest absolute Gasteiger partial charge is 0.343 e. The maximum Gasteiger partial charge on any atom is 0.343 e. The summed E-state index contributed by atoms with van der Waals surface area (Å²) in [6.45, 7) is 4.73. The van der Waals surface area contributed by atoms with Crippen LogP contribution in [0.2, 0.25) is 0 Å². The number of nitrogens with zero attached hydrogens (tertiary/aromatic N) is 3. The lowest BCUT2D eigenvalue weighted by molar-refractivity contribution is -0.126. The number of anilines is 1. The molecule has 29 heavy (non-hydrogen) atoms. The molecule has 2 rings (SSSR count). The molecule has 0 radical (unpaired) electrons. The molecule has 2 heterocycles. The number of aryl methyl sites for hydroxylation is 1. The number of piperidine rings is 1. The largest absolute Gasteiger partial charge is 0.462 e. The maximum absolute atomic E-state index is 12.4. The number of likely N-dealkylation sites (tertiary alicyclic amines) is 1. The fourth-order valence-electron chi connectivity index (χ4n) is 3.24. The summed E-state index contributed by atoms with van der Waals surface area (Å²) < 4.78 is 11.4. The zero-order valence-corrected chi connectivity index (χ0v) is 17.4. The van der Waals surface area contributed by atoms with Gasteiger partial charge < -0.3 is 20.1 Å². The van der Waals surface area contributed by atoms with Gasteiger partial charge in [-0.1, -0.05) is 0 Å². The van der Waals surface area contributed by atoms with E-state index in [-0.39, 0.29) is 36.4 Å². The fraction of sp³-hybridized carbons (Fsp3) is 0.684. The molecule has 1 aromatic heterocycles. The summed E-state index contributed by atoms with van der Waals surface area (Å²) >= 11 is 0. The van der Waals surface area contributed by atoms with Gasteiger partial charge in [0.05, 0.1) is 19.3 Å². The topological polar surface area (TPSA) is 115 Å². The Labute approximate surface area is 170 Å². The Bertz CT molecular complexity index is 697. The van der Waals surface area contributed by atoms with Crippen molar-refractivity contribution < 1.29 is 23.9 Å². The van der Waals surface area contributed by atoms with Crippen LogP contribution in [0.4, 0.5) is 5.82 Å². The van der Waals surface area contributed by atoms with E-state index in [0.717, 1.165) is 6.42 Å². The Morgan fingerprint density at radius 3 is 2.66 bits per heavy atom. The van der Waals surface area contributed by atoms with E-state index in [1.807, 2.05) is 4.90 Å². The van der Waals surface area contributed by atoms with Crippen LogP contribution in [0, 0.1) is 5.92 Å². The van der Waals surface area contributed by atoms with E-state index in [1.165, 1.54) is 10.9 Å². The van der Waals surface area contributed by atoms with Crippen molar-refractivity contribution in [3.05, 3.63) is 11.8 Å². The summed E-state index contributed by atoms with van der Waals surface area (Å²) in [4.78, 5) is 38.6. The summed E-state index contributed by atoms with van der Waals surface area (Å²) in [5.74, 6) is -0.392. The van der Waals surface area contributed by atoms with Crippen LogP contribution in [0.15, 0.2) is 6.20 Å². The first-order valence-corrected chi connectivity index (χ1v) is 9.94. The van der Waals surface area contributed by atoms with Crippen molar-refractivity contribution in [1.29, 1.82) is 0 Å². The molecule has 162 valence electrons. The Kier molecular flexibility index (Phi) is 9.07. The van der Waals surface area contributed by atoms with E-state index in [1.54, 1.807) is 21.1 Å². The second-order valence-corrected chi connectivity index (χ2v) is 6.99. The molecule has 1 fully saturated rings. The third-order valence-corrected chi connectivity index (χ3v) is 4.84. The second-order valence-electron chi connectivity index (χ2n) is 6.99. The molecule has 0 atom stereocenters. The minimum Gasteiger partial charge on any atom is -0.462 e. The Hall–Kier alpha value is -2.46. The van der Waals surface area contributed by atoms with Gasteiger partial charge in [0.15, 0.2) is 0 Å². The van der Waals surface area contributed by atoms with E-state index < -0.39 is 5.97 Å². The standard InChI is InChI=1S/C19H31N5O5/c1-4-29-19(27)15-12-21-23(2)17(15)22-16(25)13-24-9-6-14(7-10-24)18(26)20-8-5-11-28-3/h12,14H,4-11,13H2,1-3H3,(H,20,26)(H,22,25). The molecule has 0 spiro atoms. The molecule has 1 aliphatic heterocycles. The maximum atomic E-state index is 12.4. The number of carbonyl (C=O) groups is 3. The normalized spacial score (nSPS) is 15.1. The van der Waals surface area contributed by atoms with Crippen molar-refractivity contribution in [2.75, 3.05) is 51.8 Å². The minimum absolute atomic E-state index is 0.0238. The minimum atomic E-state index is -0.520. The molecular formula is C19H31N5O5. The highest BCUT2D eigenvalue weighted by molar-refractivity contribution is 6.00. The summed E-state index contributed by atoms with van der Waals surface area (Å²) in [5.41, 5.74) is 0.228. The highest BCUT2D eigenvalue weighted by atomic mass is 16.5. The van der Waals surface area contributed by atoms with Gasteiger partial charge in [0, 0.05) is 33.2 Å². The predicted octanol–water partition coefficient (Wildman–Crippen LogP) is 0.400. The van der Waals surface area contributed by atoms with Gasteiger partial charge in [-0.2, -0.15) is 5.10 Å². The summed E-state index contributed by atoms with van der Waals surface area (Å²) in [7, 11) is 3.29. The lowest BCUT2D eigenvalue weighted by atomic mass is 9.96. The Morgan fingerprint density at radius 1 is 1.28 bits per heavy atom. The van der Waals surface area contributed by atoms with Gasteiger partial charge in [0.2, 0.25) is 11.8 Å². The summed E-state index contributed by atoms with van der Waals surface area (Å²) in [6.07, 6.45) is 3.60. The van der Waals surface area contributed by atoms with E-state index in [2.05, 4.69) is 15.7 Å². The predicted molar refractivity (Wildman–Crippen MR) is 106 cm³/mol. The quantitative estimate of drug-likeness (QED) is 0.425. The molecular weight excluding hydrogens is 378 g/mol.